The van der Waals surface area contributed by atoms with Crippen molar-refractivity contribution >= 4 is 0 Å². The molecule has 14 heavy (non-hydrogen) atoms. The SMILES string of the molecule is C[C@H](N)CC#Cc1cnc2n1CCC2. The standard InChI is InChI=1S/C11H15N3/c1-9(12)4-2-5-10-8-13-11-6-3-7-14(10)11/h8-9H,3-4,6-7,12H2,1H3/t9-/m0/s1. The van der Waals surface area contributed by atoms with Crippen LogP contribution in [0, 0.1) is 11.8 Å². The molecule has 0 unspecified atom stereocenters. The van der Waals surface area contributed by atoms with Crippen molar-refractivity contribution in [3.8, 4) is 11.8 Å². The molecule has 1 aliphatic rings. The molecule has 0 radical (unpaired) electrons. The van der Waals surface area contributed by atoms with Crippen LogP contribution < -0.4 is 5.73 Å². The quantitative estimate of drug-likeness (QED) is 0.667. The molecule has 1 aromatic heterocycles. The second-order valence-corrected chi connectivity index (χ2v) is 3.80. The molecule has 74 valence electrons. The summed E-state index contributed by atoms with van der Waals surface area (Å²) in [5.41, 5.74) is 6.66. The molecule has 0 aliphatic carbocycles. The molecule has 0 fully saturated rings. The van der Waals surface area contributed by atoms with Gasteiger partial charge in [-0.1, -0.05) is 5.92 Å². The molecule has 2 heterocycles. The van der Waals surface area contributed by atoms with Gasteiger partial charge in [0.05, 0.1) is 6.20 Å². The van der Waals surface area contributed by atoms with Crippen LogP contribution in [0.4, 0.5) is 0 Å². The van der Waals surface area contributed by atoms with Crippen molar-refractivity contribution in [1.29, 1.82) is 0 Å². The van der Waals surface area contributed by atoms with Crippen LogP contribution in [0.5, 0.6) is 0 Å². The number of aryl methyl sites for hydroxylation is 1. The Morgan fingerprint density at radius 1 is 1.71 bits per heavy atom. The molecule has 0 bridgehead atoms. The van der Waals surface area contributed by atoms with Gasteiger partial charge in [0, 0.05) is 25.4 Å². The van der Waals surface area contributed by atoms with Gasteiger partial charge in [-0.2, -0.15) is 0 Å². The van der Waals surface area contributed by atoms with E-state index in [9.17, 15) is 0 Å². The fourth-order valence-electron chi connectivity index (χ4n) is 1.66. The van der Waals surface area contributed by atoms with Gasteiger partial charge >= 0.3 is 0 Å². The number of aromatic nitrogens is 2. The zero-order chi connectivity index (χ0) is 9.97. The van der Waals surface area contributed by atoms with Crippen molar-refractivity contribution in [2.45, 2.75) is 38.8 Å². The van der Waals surface area contributed by atoms with Crippen LogP contribution in [0.3, 0.4) is 0 Å². The Morgan fingerprint density at radius 2 is 2.57 bits per heavy atom. The molecule has 1 aliphatic heterocycles. The van der Waals surface area contributed by atoms with E-state index in [1.165, 1.54) is 12.2 Å². The first kappa shape index (κ1) is 9.29. The Balaban J connectivity index is 2.12. The van der Waals surface area contributed by atoms with Crippen LogP contribution in [0.25, 0.3) is 0 Å². The topological polar surface area (TPSA) is 43.8 Å². The first-order valence-corrected chi connectivity index (χ1v) is 5.06. The molecule has 1 atom stereocenters. The first-order chi connectivity index (χ1) is 6.77. The third-order valence-electron chi connectivity index (χ3n) is 2.36. The van der Waals surface area contributed by atoms with E-state index < -0.39 is 0 Å². The van der Waals surface area contributed by atoms with Gasteiger partial charge < -0.3 is 10.3 Å². The molecular weight excluding hydrogens is 174 g/mol. The lowest BCUT2D eigenvalue weighted by atomic mass is 10.2. The predicted molar refractivity (Wildman–Crippen MR) is 55.7 cm³/mol. The van der Waals surface area contributed by atoms with Crippen LogP contribution >= 0.6 is 0 Å². The second-order valence-electron chi connectivity index (χ2n) is 3.80. The molecule has 3 nitrogen and oxygen atoms in total. The van der Waals surface area contributed by atoms with Crippen molar-refractivity contribution in [3.05, 3.63) is 17.7 Å². The Morgan fingerprint density at radius 3 is 3.36 bits per heavy atom. The largest absolute Gasteiger partial charge is 0.327 e. The summed E-state index contributed by atoms with van der Waals surface area (Å²) in [4.78, 5) is 4.32. The van der Waals surface area contributed by atoms with Crippen molar-refractivity contribution in [2.75, 3.05) is 0 Å². The van der Waals surface area contributed by atoms with Crippen LogP contribution in [0.15, 0.2) is 6.20 Å². The highest BCUT2D eigenvalue weighted by Crippen LogP contribution is 2.14. The average molecular weight is 189 g/mol. The van der Waals surface area contributed by atoms with Gasteiger partial charge in [-0.05, 0) is 19.3 Å². The Hall–Kier alpha value is -1.27. The summed E-state index contributed by atoms with van der Waals surface area (Å²) in [5, 5.41) is 0. The molecule has 2 N–H and O–H groups in total. The third-order valence-corrected chi connectivity index (χ3v) is 2.36. The van der Waals surface area contributed by atoms with E-state index in [0.29, 0.717) is 0 Å². The summed E-state index contributed by atoms with van der Waals surface area (Å²) in [7, 11) is 0. The van der Waals surface area contributed by atoms with Gasteiger partial charge in [-0.25, -0.2) is 4.98 Å². The molecule has 0 aromatic carbocycles. The summed E-state index contributed by atoms with van der Waals surface area (Å²) >= 11 is 0. The molecule has 0 saturated carbocycles. The van der Waals surface area contributed by atoms with E-state index in [2.05, 4.69) is 21.4 Å². The van der Waals surface area contributed by atoms with E-state index >= 15 is 0 Å². The summed E-state index contributed by atoms with van der Waals surface area (Å²) < 4.78 is 2.20. The van der Waals surface area contributed by atoms with Crippen molar-refractivity contribution in [1.82, 2.24) is 9.55 Å². The van der Waals surface area contributed by atoms with Gasteiger partial charge in [0.15, 0.2) is 0 Å². The predicted octanol–water partition coefficient (Wildman–Crippen LogP) is 0.918. The molecule has 1 aromatic rings. The molecule has 0 amide bonds. The number of imidazole rings is 1. The highest BCUT2D eigenvalue weighted by atomic mass is 15.1. The number of hydrogen-bond donors (Lipinski definition) is 1. The Kier molecular flexibility index (Phi) is 2.55. The highest BCUT2D eigenvalue weighted by molar-refractivity contribution is 5.29. The summed E-state index contributed by atoms with van der Waals surface area (Å²) in [5.74, 6) is 7.38. The lowest BCUT2D eigenvalue weighted by Gasteiger charge is -1.97. The average Bonchev–Trinajstić information content (AvgIpc) is 2.67. The minimum Gasteiger partial charge on any atom is -0.327 e. The lowest BCUT2D eigenvalue weighted by molar-refractivity contribution is 0.741. The van der Waals surface area contributed by atoms with Crippen molar-refractivity contribution in [2.24, 2.45) is 5.73 Å². The van der Waals surface area contributed by atoms with Crippen LogP contribution in [0.2, 0.25) is 0 Å². The van der Waals surface area contributed by atoms with Gasteiger partial charge in [0.2, 0.25) is 0 Å². The van der Waals surface area contributed by atoms with Gasteiger partial charge in [0.1, 0.15) is 11.5 Å². The van der Waals surface area contributed by atoms with Gasteiger partial charge in [-0.15, -0.1) is 0 Å². The van der Waals surface area contributed by atoms with Gasteiger partial charge in [-0.3, -0.25) is 0 Å². The lowest BCUT2D eigenvalue weighted by Crippen LogP contribution is -2.12. The van der Waals surface area contributed by atoms with E-state index in [0.717, 1.165) is 25.1 Å². The fourth-order valence-corrected chi connectivity index (χ4v) is 1.66. The van der Waals surface area contributed by atoms with E-state index in [1.807, 2.05) is 13.1 Å². The fraction of sp³-hybridized carbons (Fsp3) is 0.545. The summed E-state index contributed by atoms with van der Waals surface area (Å²) in [6.45, 7) is 3.03. The number of nitrogens with zero attached hydrogens (tertiary/aromatic N) is 2. The maximum atomic E-state index is 5.62. The molecule has 3 heteroatoms. The van der Waals surface area contributed by atoms with Crippen LogP contribution in [-0.2, 0) is 13.0 Å². The van der Waals surface area contributed by atoms with Crippen molar-refractivity contribution in [3.63, 3.8) is 0 Å². The normalized spacial score (nSPS) is 15.9. The molecule has 0 spiro atoms. The monoisotopic (exact) mass is 189 g/mol. The summed E-state index contributed by atoms with van der Waals surface area (Å²) in [6.07, 6.45) is 4.91. The smallest absolute Gasteiger partial charge is 0.112 e. The molecule has 2 rings (SSSR count). The molecule has 0 saturated heterocycles. The zero-order valence-electron chi connectivity index (χ0n) is 8.45. The minimum absolute atomic E-state index is 0.156. The Labute approximate surface area is 84.3 Å². The van der Waals surface area contributed by atoms with Gasteiger partial charge in [0.25, 0.3) is 0 Å². The van der Waals surface area contributed by atoms with Crippen LogP contribution in [-0.4, -0.2) is 15.6 Å². The number of rotatable bonds is 1. The van der Waals surface area contributed by atoms with E-state index in [1.54, 1.807) is 0 Å². The maximum Gasteiger partial charge on any atom is 0.112 e. The first-order valence-electron chi connectivity index (χ1n) is 5.06. The van der Waals surface area contributed by atoms with E-state index in [-0.39, 0.29) is 6.04 Å². The number of nitrogens with two attached hydrogens (primary N) is 1. The highest BCUT2D eigenvalue weighted by Gasteiger charge is 2.13. The minimum atomic E-state index is 0.156. The third kappa shape index (κ3) is 1.80. The van der Waals surface area contributed by atoms with E-state index in [4.69, 9.17) is 5.73 Å². The zero-order valence-corrected chi connectivity index (χ0v) is 8.45. The number of fused-ring (bicyclic) bond motifs is 1. The van der Waals surface area contributed by atoms with Crippen molar-refractivity contribution < 1.29 is 0 Å². The molecular formula is C11H15N3. The second kappa shape index (κ2) is 3.85. The number of hydrogen-bond acceptors (Lipinski definition) is 2. The summed E-state index contributed by atoms with van der Waals surface area (Å²) in [6, 6.07) is 0.156. The maximum absolute atomic E-state index is 5.62. The Bertz CT molecular complexity index is 379. The van der Waals surface area contributed by atoms with Crippen LogP contribution in [0.1, 0.15) is 31.3 Å².